The fraction of sp³-hybridized carbons (Fsp3) is 0.462. The molecule has 0 amide bonds. The lowest BCUT2D eigenvalue weighted by Crippen LogP contribution is -2.29. The van der Waals surface area contributed by atoms with Gasteiger partial charge in [0.15, 0.2) is 0 Å². The van der Waals surface area contributed by atoms with E-state index in [4.69, 9.17) is 0 Å². The van der Waals surface area contributed by atoms with E-state index in [0.717, 1.165) is 19.3 Å². The maximum Gasteiger partial charge on any atom is 0.0818 e. The molecule has 1 aromatic rings. The van der Waals surface area contributed by atoms with Crippen molar-refractivity contribution in [2.45, 2.75) is 30.8 Å². The van der Waals surface area contributed by atoms with E-state index in [1.165, 1.54) is 5.56 Å². The molecule has 0 bridgehead atoms. The van der Waals surface area contributed by atoms with Gasteiger partial charge in [-0.2, -0.15) is 30.5 Å². The first kappa shape index (κ1) is 13.5. The van der Waals surface area contributed by atoms with Crippen molar-refractivity contribution in [3.8, 4) is 6.07 Å². The van der Waals surface area contributed by atoms with Crippen LogP contribution in [0.15, 0.2) is 30.3 Å². The summed E-state index contributed by atoms with van der Waals surface area (Å²) in [6.45, 7) is 2.08. The predicted molar refractivity (Wildman–Crippen MR) is 74.9 cm³/mol. The standard InChI is InChI=1S/C13H17NS2/c1-2-8-13(10-14,12(15)16)9-11-6-4-3-5-7-11/h3-7,12,15-16H,2,8-9H2,1H3. The van der Waals surface area contributed by atoms with Crippen molar-refractivity contribution in [3.63, 3.8) is 0 Å². The number of thiol groups is 2. The summed E-state index contributed by atoms with van der Waals surface area (Å²) in [5, 5.41) is 9.39. The van der Waals surface area contributed by atoms with E-state index in [1.54, 1.807) is 0 Å². The zero-order valence-corrected chi connectivity index (χ0v) is 11.2. The molecular formula is C13H17NS2. The number of benzene rings is 1. The van der Waals surface area contributed by atoms with E-state index in [9.17, 15) is 5.26 Å². The normalized spacial score (nSPS) is 14.4. The second kappa shape index (κ2) is 6.22. The Morgan fingerprint density at radius 2 is 1.94 bits per heavy atom. The van der Waals surface area contributed by atoms with Crippen molar-refractivity contribution >= 4 is 25.3 Å². The van der Waals surface area contributed by atoms with Crippen LogP contribution in [-0.4, -0.2) is 4.58 Å². The molecule has 0 aliphatic heterocycles. The third-order valence-electron chi connectivity index (χ3n) is 2.78. The van der Waals surface area contributed by atoms with Crippen LogP contribution in [0.1, 0.15) is 25.3 Å². The molecule has 0 N–H and O–H groups in total. The van der Waals surface area contributed by atoms with Crippen LogP contribution in [0.4, 0.5) is 0 Å². The Morgan fingerprint density at radius 3 is 2.38 bits per heavy atom. The van der Waals surface area contributed by atoms with Crippen molar-refractivity contribution in [3.05, 3.63) is 35.9 Å². The Balaban J connectivity index is 2.91. The van der Waals surface area contributed by atoms with Crippen molar-refractivity contribution in [1.82, 2.24) is 0 Å². The molecule has 3 heteroatoms. The molecule has 1 unspecified atom stereocenters. The molecular weight excluding hydrogens is 234 g/mol. The number of rotatable bonds is 5. The highest BCUT2D eigenvalue weighted by Gasteiger charge is 2.34. The first-order valence-corrected chi connectivity index (χ1v) is 6.49. The summed E-state index contributed by atoms with van der Waals surface area (Å²) < 4.78 is -0.211. The molecule has 0 aliphatic rings. The van der Waals surface area contributed by atoms with Crippen molar-refractivity contribution in [2.75, 3.05) is 0 Å². The highest BCUT2D eigenvalue weighted by Crippen LogP contribution is 2.36. The van der Waals surface area contributed by atoms with E-state index in [-0.39, 0.29) is 4.58 Å². The SMILES string of the molecule is CCCC(C#N)(Cc1ccccc1)C(S)S. The molecule has 0 aliphatic carbocycles. The lowest BCUT2D eigenvalue weighted by atomic mass is 9.80. The van der Waals surface area contributed by atoms with Crippen LogP contribution >= 0.6 is 25.3 Å². The van der Waals surface area contributed by atoms with Crippen LogP contribution in [0.3, 0.4) is 0 Å². The second-order valence-corrected chi connectivity index (χ2v) is 5.49. The van der Waals surface area contributed by atoms with Gasteiger partial charge in [0, 0.05) is 0 Å². The van der Waals surface area contributed by atoms with E-state index < -0.39 is 5.41 Å². The molecule has 86 valence electrons. The minimum absolute atomic E-state index is 0.211. The van der Waals surface area contributed by atoms with Crippen molar-refractivity contribution in [2.24, 2.45) is 5.41 Å². The molecule has 0 heterocycles. The summed E-state index contributed by atoms with van der Waals surface area (Å²) in [5.74, 6) is 0. The Labute approximate surface area is 109 Å². The van der Waals surface area contributed by atoms with Crippen LogP contribution in [0, 0.1) is 16.7 Å². The van der Waals surface area contributed by atoms with Gasteiger partial charge in [0.2, 0.25) is 0 Å². The molecule has 0 spiro atoms. The molecule has 0 saturated carbocycles. The number of nitriles is 1. The largest absolute Gasteiger partial charge is 0.198 e. The van der Waals surface area contributed by atoms with Crippen molar-refractivity contribution in [1.29, 1.82) is 5.26 Å². The lowest BCUT2D eigenvalue weighted by molar-refractivity contribution is 0.392. The van der Waals surface area contributed by atoms with Crippen molar-refractivity contribution < 1.29 is 0 Å². The van der Waals surface area contributed by atoms with Gasteiger partial charge in [-0.1, -0.05) is 43.7 Å². The zero-order chi connectivity index (χ0) is 12.0. The predicted octanol–water partition coefficient (Wildman–Crippen LogP) is 3.72. The summed E-state index contributed by atoms with van der Waals surface area (Å²) in [7, 11) is 0. The maximum atomic E-state index is 9.39. The fourth-order valence-electron chi connectivity index (χ4n) is 1.87. The van der Waals surface area contributed by atoms with E-state index in [1.807, 2.05) is 30.3 Å². The van der Waals surface area contributed by atoms with Gasteiger partial charge < -0.3 is 0 Å². The Morgan fingerprint density at radius 1 is 1.31 bits per heavy atom. The first-order chi connectivity index (χ1) is 7.64. The van der Waals surface area contributed by atoms with Crippen LogP contribution < -0.4 is 0 Å². The number of hydrogen-bond acceptors (Lipinski definition) is 3. The number of hydrogen-bond donors (Lipinski definition) is 2. The summed E-state index contributed by atoms with van der Waals surface area (Å²) in [5.41, 5.74) is 0.702. The van der Waals surface area contributed by atoms with E-state index in [2.05, 4.69) is 38.3 Å². The average molecular weight is 251 g/mol. The Kier molecular flexibility index (Phi) is 5.24. The van der Waals surface area contributed by atoms with Crippen LogP contribution in [0.25, 0.3) is 0 Å². The van der Waals surface area contributed by atoms with Gasteiger partial charge in [0.1, 0.15) is 0 Å². The Bertz CT molecular complexity index is 356. The molecule has 0 fully saturated rings. The van der Waals surface area contributed by atoms with Crippen LogP contribution in [0.5, 0.6) is 0 Å². The third kappa shape index (κ3) is 3.20. The van der Waals surface area contributed by atoms with Crippen LogP contribution in [0.2, 0.25) is 0 Å². The van der Waals surface area contributed by atoms with Crippen LogP contribution in [-0.2, 0) is 6.42 Å². The lowest BCUT2D eigenvalue weighted by Gasteiger charge is -2.29. The monoisotopic (exact) mass is 251 g/mol. The van der Waals surface area contributed by atoms with E-state index >= 15 is 0 Å². The summed E-state index contributed by atoms with van der Waals surface area (Å²) in [6, 6.07) is 12.5. The molecule has 1 nitrogen and oxygen atoms in total. The van der Waals surface area contributed by atoms with Gasteiger partial charge in [-0.15, -0.1) is 0 Å². The van der Waals surface area contributed by atoms with Gasteiger partial charge in [-0.25, -0.2) is 0 Å². The minimum Gasteiger partial charge on any atom is -0.198 e. The molecule has 16 heavy (non-hydrogen) atoms. The molecule has 1 atom stereocenters. The van der Waals surface area contributed by atoms with Gasteiger partial charge in [-0.3, -0.25) is 0 Å². The summed E-state index contributed by atoms with van der Waals surface area (Å²) in [4.78, 5) is 0. The topological polar surface area (TPSA) is 23.8 Å². The summed E-state index contributed by atoms with van der Waals surface area (Å²) in [6.07, 6.45) is 2.52. The van der Waals surface area contributed by atoms with Gasteiger partial charge in [0.05, 0.1) is 16.1 Å². The van der Waals surface area contributed by atoms with Gasteiger partial charge in [-0.05, 0) is 18.4 Å². The molecule has 0 radical (unpaired) electrons. The molecule has 0 aromatic heterocycles. The molecule has 1 rings (SSSR count). The second-order valence-electron chi connectivity index (χ2n) is 4.05. The highest BCUT2D eigenvalue weighted by atomic mass is 32.2. The number of nitrogens with zero attached hydrogens (tertiary/aromatic N) is 1. The highest BCUT2D eigenvalue weighted by molar-refractivity contribution is 7.99. The average Bonchev–Trinajstić information content (AvgIpc) is 2.29. The maximum absolute atomic E-state index is 9.39. The van der Waals surface area contributed by atoms with Gasteiger partial charge >= 0.3 is 0 Å². The minimum atomic E-state index is -0.470. The summed E-state index contributed by atoms with van der Waals surface area (Å²) >= 11 is 8.73. The fourth-order valence-corrected chi connectivity index (χ4v) is 2.42. The quantitative estimate of drug-likeness (QED) is 0.605. The Hall–Kier alpha value is -0.590. The third-order valence-corrected chi connectivity index (χ3v) is 3.76. The van der Waals surface area contributed by atoms with Gasteiger partial charge in [0.25, 0.3) is 0 Å². The molecule has 0 saturated heterocycles. The molecule has 1 aromatic carbocycles. The van der Waals surface area contributed by atoms with E-state index in [0.29, 0.717) is 0 Å². The smallest absolute Gasteiger partial charge is 0.0818 e. The zero-order valence-electron chi connectivity index (χ0n) is 9.43. The first-order valence-electron chi connectivity index (χ1n) is 5.46.